The molecule has 3 aromatic rings. The van der Waals surface area contributed by atoms with Gasteiger partial charge in [-0.15, -0.1) is 0 Å². The van der Waals surface area contributed by atoms with Crippen LogP contribution in [-0.4, -0.2) is 20.9 Å². The highest BCUT2D eigenvalue weighted by molar-refractivity contribution is 6.30. The van der Waals surface area contributed by atoms with Crippen LogP contribution in [-0.2, 0) is 6.54 Å². The maximum absolute atomic E-state index is 12.9. The van der Waals surface area contributed by atoms with Crippen molar-refractivity contribution in [3.63, 3.8) is 0 Å². The lowest BCUT2D eigenvalue weighted by Crippen LogP contribution is -2.31. The fraction of sp³-hybridized carbons (Fsp3) is 0.111. The van der Waals surface area contributed by atoms with Crippen LogP contribution in [0.5, 0.6) is 0 Å². The lowest BCUT2D eigenvalue weighted by atomic mass is 10.2. The first-order valence-electron chi connectivity index (χ1n) is 7.39. The van der Waals surface area contributed by atoms with E-state index in [9.17, 15) is 4.79 Å². The topological polar surface area (TPSA) is 59.0 Å². The summed E-state index contributed by atoms with van der Waals surface area (Å²) in [6.45, 7) is 2.16. The quantitative estimate of drug-likeness (QED) is 0.728. The maximum Gasteiger partial charge on any atom is 0.278 e. The number of halogens is 1. The van der Waals surface area contributed by atoms with Crippen molar-refractivity contribution < 1.29 is 4.79 Å². The van der Waals surface area contributed by atoms with E-state index in [0.717, 1.165) is 17.1 Å². The summed E-state index contributed by atoms with van der Waals surface area (Å²) in [7, 11) is 0. The van der Waals surface area contributed by atoms with Crippen LogP contribution in [0.2, 0.25) is 5.02 Å². The number of carbonyl (C=O) groups excluding carboxylic acids is 1. The highest BCUT2D eigenvalue weighted by Gasteiger charge is 2.20. The van der Waals surface area contributed by atoms with E-state index in [-0.39, 0.29) is 11.6 Å². The zero-order valence-electron chi connectivity index (χ0n) is 13.1. The summed E-state index contributed by atoms with van der Waals surface area (Å²) in [5, 5.41) is 0.610. The number of aryl methyl sites for hydroxylation is 1. The molecule has 0 aliphatic rings. The molecule has 3 rings (SSSR count). The van der Waals surface area contributed by atoms with Gasteiger partial charge in [0.05, 0.1) is 24.1 Å². The molecule has 0 aliphatic heterocycles. The molecule has 2 aromatic heterocycles. The molecule has 0 aliphatic carbocycles. The zero-order chi connectivity index (χ0) is 16.9. The van der Waals surface area contributed by atoms with Gasteiger partial charge in [0.25, 0.3) is 5.91 Å². The van der Waals surface area contributed by atoms with Gasteiger partial charge >= 0.3 is 0 Å². The first-order chi connectivity index (χ1) is 11.6. The number of anilines is 1. The number of carbonyl (C=O) groups is 1. The van der Waals surface area contributed by atoms with Gasteiger partial charge < -0.3 is 4.90 Å². The Morgan fingerprint density at radius 3 is 2.46 bits per heavy atom. The Bertz CT molecular complexity index is 820. The van der Waals surface area contributed by atoms with E-state index in [4.69, 9.17) is 11.6 Å². The van der Waals surface area contributed by atoms with Crippen molar-refractivity contribution in [1.82, 2.24) is 15.0 Å². The Balaban J connectivity index is 1.96. The zero-order valence-corrected chi connectivity index (χ0v) is 13.8. The molecule has 0 saturated carbocycles. The lowest BCUT2D eigenvalue weighted by Gasteiger charge is -2.22. The molecule has 0 saturated heterocycles. The number of hydrogen-bond acceptors (Lipinski definition) is 4. The van der Waals surface area contributed by atoms with Gasteiger partial charge in [-0.05, 0) is 43.3 Å². The van der Waals surface area contributed by atoms with Gasteiger partial charge in [-0.1, -0.05) is 17.7 Å². The van der Waals surface area contributed by atoms with Crippen molar-refractivity contribution in [3.8, 4) is 0 Å². The van der Waals surface area contributed by atoms with Crippen molar-refractivity contribution >= 4 is 23.2 Å². The second-order valence-electron chi connectivity index (χ2n) is 5.23. The van der Waals surface area contributed by atoms with Crippen LogP contribution in [0.25, 0.3) is 0 Å². The van der Waals surface area contributed by atoms with Crippen LogP contribution >= 0.6 is 11.6 Å². The van der Waals surface area contributed by atoms with Gasteiger partial charge in [0.2, 0.25) is 0 Å². The van der Waals surface area contributed by atoms with Crippen LogP contribution in [0.3, 0.4) is 0 Å². The van der Waals surface area contributed by atoms with Crippen molar-refractivity contribution in [2.24, 2.45) is 0 Å². The molecule has 2 heterocycles. The van der Waals surface area contributed by atoms with E-state index in [1.165, 1.54) is 6.20 Å². The van der Waals surface area contributed by atoms with Gasteiger partial charge in [-0.3, -0.25) is 14.8 Å². The first kappa shape index (κ1) is 16.1. The lowest BCUT2D eigenvalue weighted by molar-refractivity contribution is 0.0979. The standard InChI is InChI=1S/C18H15ClN4O/c1-13-10-22-17(11-21-13)18(24)23(12-15-4-2-3-9-20-15)16-7-5-14(19)6-8-16/h2-11H,12H2,1H3. The van der Waals surface area contributed by atoms with E-state index in [2.05, 4.69) is 15.0 Å². The Morgan fingerprint density at radius 2 is 1.83 bits per heavy atom. The summed E-state index contributed by atoms with van der Waals surface area (Å²) in [4.78, 5) is 27.1. The van der Waals surface area contributed by atoms with E-state index in [0.29, 0.717) is 11.6 Å². The van der Waals surface area contributed by atoms with Gasteiger partial charge in [0.15, 0.2) is 0 Å². The molecule has 1 amide bonds. The molecule has 0 radical (unpaired) electrons. The first-order valence-corrected chi connectivity index (χ1v) is 7.77. The molecule has 0 bridgehead atoms. The molecule has 0 unspecified atom stereocenters. The number of hydrogen-bond donors (Lipinski definition) is 0. The second kappa shape index (κ2) is 7.19. The SMILES string of the molecule is Cc1cnc(C(=O)N(Cc2ccccn2)c2ccc(Cl)cc2)cn1. The highest BCUT2D eigenvalue weighted by Crippen LogP contribution is 2.21. The average Bonchev–Trinajstić information content (AvgIpc) is 2.62. The Kier molecular flexibility index (Phi) is 4.82. The third kappa shape index (κ3) is 3.75. The molecule has 6 heteroatoms. The summed E-state index contributed by atoms with van der Waals surface area (Å²) in [6, 6.07) is 12.7. The number of pyridine rings is 1. The summed E-state index contributed by atoms with van der Waals surface area (Å²) in [6.07, 6.45) is 4.76. The molecule has 0 N–H and O–H groups in total. The van der Waals surface area contributed by atoms with Crippen LogP contribution in [0.1, 0.15) is 21.9 Å². The van der Waals surface area contributed by atoms with Gasteiger partial charge in [-0.25, -0.2) is 4.98 Å². The van der Waals surface area contributed by atoms with E-state index in [1.807, 2.05) is 25.1 Å². The third-order valence-electron chi connectivity index (χ3n) is 3.43. The van der Waals surface area contributed by atoms with Crippen LogP contribution < -0.4 is 4.90 Å². The highest BCUT2D eigenvalue weighted by atomic mass is 35.5. The fourth-order valence-electron chi connectivity index (χ4n) is 2.20. The van der Waals surface area contributed by atoms with Crippen LogP contribution in [0.4, 0.5) is 5.69 Å². The van der Waals surface area contributed by atoms with E-state index >= 15 is 0 Å². The Labute approximate surface area is 145 Å². The minimum Gasteiger partial charge on any atom is -0.301 e. The molecule has 1 aromatic carbocycles. The van der Waals surface area contributed by atoms with Crippen LogP contribution in [0.15, 0.2) is 61.1 Å². The fourth-order valence-corrected chi connectivity index (χ4v) is 2.32. The van der Waals surface area contributed by atoms with E-state index in [1.54, 1.807) is 41.6 Å². The minimum absolute atomic E-state index is 0.240. The molecule has 5 nitrogen and oxygen atoms in total. The Morgan fingerprint density at radius 1 is 1.04 bits per heavy atom. The average molecular weight is 339 g/mol. The molecule has 0 spiro atoms. The van der Waals surface area contributed by atoms with E-state index < -0.39 is 0 Å². The van der Waals surface area contributed by atoms with Crippen molar-refractivity contribution in [2.45, 2.75) is 13.5 Å². The number of rotatable bonds is 4. The van der Waals surface area contributed by atoms with Crippen molar-refractivity contribution in [2.75, 3.05) is 4.90 Å². The molecular formula is C18H15ClN4O. The Hall–Kier alpha value is -2.79. The normalized spacial score (nSPS) is 10.4. The largest absolute Gasteiger partial charge is 0.301 e. The summed E-state index contributed by atoms with van der Waals surface area (Å²) >= 11 is 5.95. The predicted octanol–water partition coefficient (Wildman–Crippen LogP) is 3.68. The summed E-state index contributed by atoms with van der Waals surface area (Å²) in [5.41, 5.74) is 2.54. The molecule has 24 heavy (non-hydrogen) atoms. The van der Waals surface area contributed by atoms with Gasteiger partial charge in [0.1, 0.15) is 5.69 Å². The van der Waals surface area contributed by atoms with Crippen LogP contribution in [0, 0.1) is 6.92 Å². The number of aromatic nitrogens is 3. The van der Waals surface area contributed by atoms with Gasteiger partial charge in [0, 0.05) is 23.1 Å². The molecule has 0 atom stereocenters. The number of amides is 1. The van der Waals surface area contributed by atoms with Crippen molar-refractivity contribution in [1.29, 1.82) is 0 Å². The molecular weight excluding hydrogens is 324 g/mol. The smallest absolute Gasteiger partial charge is 0.278 e. The summed E-state index contributed by atoms with van der Waals surface area (Å²) < 4.78 is 0. The molecule has 0 fully saturated rings. The summed E-state index contributed by atoms with van der Waals surface area (Å²) in [5.74, 6) is -0.240. The minimum atomic E-state index is -0.240. The maximum atomic E-state index is 12.9. The molecule has 120 valence electrons. The van der Waals surface area contributed by atoms with Gasteiger partial charge in [-0.2, -0.15) is 0 Å². The second-order valence-corrected chi connectivity index (χ2v) is 5.67. The third-order valence-corrected chi connectivity index (χ3v) is 3.68. The van der Waals surface area contributed by atoms with Crippen molar-refractivity contribution in [3.05, 3.63) is 83.2 Å². The number of benzene rings is 1. The monoisotopic (exact) mass is 338 g/mol. The number of nitrogens with zero attached hydrogens (tertiary/aromatic N) is 4. The predicted molar refractivity (Wildman–Crippen MR) is 93.0 cm³/mol.